The molecule has 0 aromatic carbocycles. The van der Waals surface area contributed by atoms with E-state index in [0.717, 1.165) is 0 Å². The van der Waals surface area contributed by atoms with E-state index in [0.29, 0.717) is 12.5 Å². The van der Waals surface area contributed by atoms with Crippen molar-refractivity contribution in [3.8, 4) is 0 Å². The second-order valence-electron chi connectivity index (χ2n) is 2.32. The highest BCUT2D eigenvalue weighted by atomic mass is 16.6. The van der Waals surface area contributed by atoms with E-state index >= 15 is 0 Å². The Labute approximate surface area is 69.4 Å². The van der Waals surface area contributed by atoms with Gasteiger partial charge in [-0.15, -0.1) is 0 Å². The summed E-state index contributed by atoms with van der Waals surface area (Å²) in [5.74, 6) is 0.387. The van der Waals surface area contributed by atoms with Crippen LogP contribution in [0.1, 0.15) is 6.92 Å². The predicted octanol–water partition coefficient (Wildman–Crippen LogP) is 0.760. The summed E-state index contributed by atoms with van der Waals surface area (Å²) < 4.78 is 1.58. The lowest BCUT2D eigenvalue weighted by Crippen LogP contribution is -2.02. The number of hydrogen-bond donors (Lipinski definition) is 1. The van der Waals surface area contributed by atoms with Crippen molar-refractivity contribution in [1.29, 1.82) is 0 Å². The third-order valence-electron chi connectivity index (χ3n) is 1.39. The van der Waals surface area contributed by atoms with Gasteiger partial charge in [0.15, 0.2) is 0 Å². The van der Waals surface area contributed by atoms with E-state index in [9.17, 15) is 10.1 Å². The minimum atomic E-state index is -0.513. The lowest BCUT2D eigenvalue weighted by atomic mass is 10.7. The van der Waals surface area contributed by atoms with Crippen LogP contribution in [0.25, 0.3) is 0 Å². The number of aryl methyl sites for hydroxylation is 1. The fraction of sp³-hybridized carbons (Fsp3) is 0.500. The summed E-state index contributed by atoms with van der Waals surface area (Å²) in [6.07, 6.45) is 1.37. The molecule has 1 rings (SSSR count). The van der Waals surface area contributed by atoms with Gasteiger partial charge in [-0.3, -0.25) is 4.57 Å². The van der Waals surface area contributed by atoms with E-state index < -0.39 is 4.92 Å². The summed E-state index contributed by atoms with van der Waals surface area (Å²) in [5, 5.41) is 13.2. The van der Waals surface area contributed by atoms with Gasteiger partial charge in [0.2, 0.25) is 0 Å². The Hall–Kier alpha value is -1.59. The summed E-state index contributed by atoms with van der Waals surface area (Å²) in [6.45, 7) is 2.60. The van der Waals surface area contributed by atoms with Crippen molar-refractivity contribution >= 4 is 11.8 Å². The first kappa shape index (κ1) is 8.51. The van der Waals surface area contributed by atoms with Gasteiger partial charge in [-0.2, -0.15) is 0 Å². The molecule has 0 saturated carbocycles. The molecule has 0 spiro atoms. The number of anilines is 1. The summed E-state index contributed by atoms with van der Waals surface area (Å²) in [6, 6.07) is 0. The van der Waals surface area contributed by atoms with Gasteiger partial charge in [0.05, 0.1) is 0 Å². The molecule has 1 N–H and O–H groups in total. The molecule has 12 heavy (non-hydrogen) atoms. The molecule has 0 amide bonds. The van der Waals surface area contributed by atoms with Crippen LogP contribution in [0.5, 0.6) is 0 Å². The third kappa shape index (κ3) is 1.52. The van der Waals surface area contributed by atoms with E-state index in [4.69, 9.17) is 0 Å². The minimum absolute atomic E-state index is 0.131. The monoisotopic (exact) mass is 170 g/mol. The largest absolute Gasteiger partial charge is 0.383 e. The van der Waals surface area contributed by atoms with Gasteiger partial charge in [-0.05, 0) is 11.8 Å². The third-order valence-corrected chi connectivity index (χ3v) is 1.39. The molecule has 66 valence electrons. The molecule has 1 aromatic rings. The van der Waals surface area contributed by atoms with Gasteiger partial charge in [-0.1, -0.05) is 0 Å². The van der Waals surface area contributed by atoms with E-state index in [1.54, 1.807) is 11.6 Å². The SMILES string of the molecule is CCNc1nc([N+](=O)[O-])cn1C. The van der Waals surface area contributed by atoms with Crippen molar-refractivity contribution in [2.45, 2.75) is 6.92 Å². The molecule has 0 fully saturated rings. The van der Waals surface area contributed by atoms with Gasteiger partial charge in [0.1, 0.15) is 6.20 Å². The molecule has 0 unspecified atom stereocenters. The van der Waals surface area contributed by atoms with E-state index in [1.807, 2.05) is 6.92 Å². The number of nitrogens with one attached hydrogen (secondary N) is 1. The fourth-order valence-corrected chi connectivity index (χ4v) is 0.861. The molecular weight excluding hydrogens is 160 g/mol. The molecule has 0 atom stereocenters. The molecule has 6 heteroatoms. The molecule has 0 saturated heterocycles. The van der Waals surface area contributed by atoms with Gasteiger partial charge in [0, 0.05) is 18.6 Å². The van der Waals surface area contributed by atoms with E-state index in [-0.39, 0.29) is 5.82 Å². The van der Waals surface area contributed by atoms with Crippen molar-refractivity contribution in [3.05, 3.63) is 16.3 Å². The summed E-state index contributed by atoms with van der Waals surface area (Å²) in [4.78, 5) is 13.5. The maximum atomic E-state index is 10.3. The van der Waals surface area contributed by atoms with E-state index in [1.165, 1.54) is 6.20 Å². The zero-order chi connectivity index (χ0) is 9.14. The Morgan fingerprint density at radius 3 is 2.92 bits per heavy atom. The Morgan fingerprint density at radius 2 is 2.50 bits per heavy atom. The molecular formula is C6H10N4O2. The van der Waals surface area contributed by atoms with Crippen molar-refractivity contribution < 1.29 is 4.92 Å². The number of imidazole rings is 1. The van der Waals surface area contributed by atoms with Gasteiger partial charge >= 0.3 is 11.8 Å². The molecule has 0 aliphatic carbocycles. The second kappa shape index (κ2) is 3.21. The first-order chi connectivity index (χ1) is 5.65. The van der Waals surface area contributed by atoms with Crippen LogP contribution in [0.4, 0.5) is 11.8 Å². The van der Waals surface area contributed by atoms with Crippen LogP contribution in [0.3, 0.4) is 0 Å². The Balaban J connectivity index is 2.92. The number of hydrogen-bond acceptors (Lipinski definition) is 4. The molecule has 0 aliphatic heterocycles. The number of nitro groups is 1. The quantitative estimate of drug-likeness (QED) is 0.537. The lowest BCUT2D eigenvalue weighted by molar-refractivity contribution is -0.389. The average molecular weight is 170 g/mol. The van der Waals surface area contributed by atoms with E-state index in [2.05, 4.69) is 10.3 Å². The average Bonchev–Trinajstić information content (AvgIpc) is 2.34. The van der Waals surface area contributed by atoms with Crippen LogP contribution >= 0.6 is 0 Å². The molecule has 6 nitrogen and oxygen atoms in total. The number of rotatable bonds is 3. The molecule has 0 bridgehead atoms. The second-order valence-corrected chi connectivity index (χ2v) is 2.32. The highest BCUT2D eigenvalue weighted by Crippen LogP contribution is 2.12. The standard InChI is InChI=1S/C6H10N4O2/c1-3-7-6-8-5(10(11)12)4-9(6)2/h4H,3H2,1-2H3,(H,7,8). The predicted molar refractivity (Wildman–Crippen MR) is 44.0 cm³/mol. The van der Waals surface area contributed by atoms with Gasteiger partial charge in [-0.25, -0.2) is 0 Å². The van der Waals surface area contributed by atoms with Crippen LogP contribution in [-0.4, -0.2) is 21.0 Å². The Kier molecular flexibility index (Phi) is 2.27. The normalized spacial score (nSPS) is 9.83. The minimum Gasteiger partial charge on any atom is -0.358 e. The molecule has 0 aliphatic rings. The Bertz CT molecular complexity index is 294. The van der Waals surface area contributed by atoms with Crippen LogP contribution in [0, 0.1) is 10.1 Å². The van der Waals surface area contributed by atoms with Crippen molar-refractivity contribution in [2.24, 2.45) is 7.05 Å². The lowest BCUT2D eigenvalue weighted by Gasteiger charge is -1.94. The molecule has 1 aromatic heterocycles. The molecule has 0 radical (unpaired) electrons. The number of nitrogens with zero attached hydrogens (tertiary/aromatic N) is 3. The smallest absolute Gasteiger partial charge is 0.358 e. The summed E-state index contributed by atoms with van der Waals surface area (Å²) >= 11 is 0. The fourth-order valence-electron chi connectivity index (χ4n) is 0.861. The maximum Gasteiger partial charge on any atom is 0.383 e. The van der Waals surface area contributed by atoms with Crippen LogP contribution < -0.4 is 5.32 Å². The zero-order valence-electron chi connectivity index (χ0n) is 6.94. The highest BCUT2D eigenvalue weighted by molar-refractivity contribution is 5.33. The first-order valence-electron chi connectivity index (χ1n) is 3.56. The summed E-state index contributed by atoms with van der Waals surface area (Å²) in [5.41, 5.74) is 0. The van der Waals surface area contributed by atoms with Crippen LogP contribution in [0.2, 0.25) is 0 Å². The van der Waals surface area contributed by atoms with Crippen molar-refractivity contribution in [2.75, 3.05) is 11.9 Å². The topological polar surface area (TPSA) is 73.0 Å². The number of aromatic nitrogens is 2. The first-order valence-corrected chi connectivity index (χ1v) is 3.56. The van der Waals surface area contributed by atoms with Gasteiger partial charge < -0.3 is 15.4 Å². The van der Waals surface area contributed by atoms with Crippen molar-refractivity contribution in [1.82, 2.24) is 9.55 Å². The van der Waals surface area contributed by atoms with Crippen molar-refractivity contribution in [3.63, 3.8) is 0 Å². The highest BCUT2D eigenvalue weighted by Gasteiger charge is 2.14. The Morgan fingerprint density at radius 1 is 1.83 bits per heavy atom. The molecule has 1 heterocycles. The zero-order valence-corrected chi connectivity index (χ0v) is 6.94. The van der Waals surface area contributed by atoms with Crippen LogP contribution in [0.15, 0.2) is 6.20 Å². The maximum absolute atomic E-state index is 10.3. The van der Waals surface area contributed by atoms with Crippen LogP contribution in [-0.2, 0) is 7.05 Å². The summed E-state index contributed by atoms with van der Waals surface area (Å²) in [7, 11) is 1.71. The van der Waals surface area contributed by atoms with Gasteiger partial charge in [0.25, 0.3) is 0 Å².